The number of amides is 1. The summed E-state index contributed by atoms with van der Waals surface area (Å²) in [6.45, 7) is 7.87. The first kappa shape index (κ1) is 19.6. The first-order chi connectivity index (χ1) is 12.1. The highest BCUT2D eigenvalue weighted by Gasteiger charge is 2.20. The van der Waals surface area contributed by atoms with Gasteiger partial charge >= 0.3 is 0 Å². The van der Waals surface area contributed by atoms with Gasteiger partial charge in [-0.3, -0.25) is 4.79 Å². The van der Waals surface area contributed by atoms with Crippen molar-refractivity contribution in [2.75, 3.05) is 26.2 Å². The van der Waals surface area contributed by atoms with E-state index in [1.807, 2.05) is 36.1 Å². The standard InChI is InChI=1S/C19H29ClN4O/c1-3-21-19(23-13-16-8-4-5-9-17(16)20)22-11-10-18(25)24-12-6-7-15(2)14-24/h4-5,8-9,15H,3,6-7,10-14H2,1-2H3,(H2,21,22,23). The van der Waals surface area contributed by atoms with Crippen molar-refractivity contribution in [3.05, 3.63) is 34.9 Å². The van der Waals surface area contributed by atoms with Crippen molar-refractivity contribution in [3.8, 4) is 0 Å². The number of aliphatic imine (C=N–C) groups is 1. The van der Waals surface area contributed by atoms with E-state index in [1.165, 1.54) is 6.42 Å². The number of nitrogens with one attached hydrogen (secondary N) is 2. The quantitative estimate of drug-likeness (QED) is 0.602. The molecule has 138 valence electrons. The predicted octanol–water partition coefficient (Wildman–Crippen LogP) is 3.04. The SMILES string of the molecule is CCNC(=NCc1ccccc1Cl)NCCC(=O)N1CCCC(C)C1. The molecule has 1 aromatic carbocycles. The van der Waals surface area contributed by atoms with Crippen molar-refractivity contribution in [1.82, 2.24) is 15.5 Å². The fourth-order valence-corrected chi connectivity index (χ4v) is 3.19. The largest absolute Gasteiger partial charge is 0.357 e. The lowest BCUT2D eigenvalue weighted by atomic mass is 10.00. The van der Waals surface area contributed by atoms with Crippen LogP contribution in [-0.2, 0) is 11.3 Å². The lowest BCUT2D eigenvalue weighted by molar-refractivity contribution is -0.132. The van der Waals surface area contributed by atoms with E-state index >= 15 is 0 Å². The Bertz CT molecular complexity index is 591. The van der Waals surface area contributed by atoms with E-state index in [0.717, 1.165) is 36.6 Å². The van der Waals surface area contributed by atoms with Gasteiger partial charge in [-0.1, -0.05) is 36.7 Å². The number of carbonyl (C=O) groups excluding carboxylic acids is 1. The van der Waals surface area contributed by atoms with Crippen molar-refractivity contribution in [2.24, 2.45) is 10.9 Å². The molecule has 0 aromatic heterocycles. The fourth-order valence-electron chi connectivity index (χ4n) is 2.99. The summed E-state index contributed by atoms with van der Waals surface area (Å²) in [6.07, 6.45) is 2.83. The topological polar surface area (TPSA) is 56.7 Å². The normalized spacial score (nSPS) is 18.1. The number of halogens is 1. The molecule has 0 saturated carbocycles. The third-order valence-electron chi connectivity index (χ3n) is 4.35. The summed E-state index contributed by atoms with van der Waals surface area (Å²) in [6, 6.07) is 7.70. The lowest BCUT2D eigenvalue weighted by Crippen LogP contribution is -2.42. The highest BCUT2D eigenvalue weighted by atomic mass is 35.5. The number of nitrogens with zero attached hydrogens (tertiary/aromatic N) is 2. The zero-order chi connectivity index (χ0) is 18.1. The van der Waals surface area contributed by atoms with Crippen LogP contribution in [0.1, 0.15) is 38.7 Å². The van der Waals surface area contributed by atoms with Gasteiger partial charge < -0.3 is 15.5 Å². The lowest BCUT2D eigenvalue weighted by Gasteiger charge is -2.31. The summed E-state index contributed by atoms with van der Waals surface area (Å²) in [5.74, 6) is 1.54. The molecule has 1 heterocycles. The summed E-state index contributed by atoms with van der Waals surface area (Å²) in [7, 11) is 0. The Kier molecular flexibility index (Phi) is 8.06. The molecule has 6 heteroatoms. The molecule has 1 atom stereocenters. The van der Waals surface area contributed by atoms with E-state index in [2.05, 4.69) is 22.5 Å². The summed E-state index contributed by atoms with van der Waals surface area (Å²) in [4.78, 5) is 18.9. The second kappa shape index (κ2) is 10.3. The Balaban J connectivity index is 1.81. The maximum Gasteiger partial charge on any atom is 0.224 e. The van der Waals surface area contributed by atoms with Crippen LogP contribution in [0.15, 0.2) is 29.3 Å². The predicted molar refractivity (Wildman–Crippen MR) is 104 cm³/mol. The minimum Gasteiger partial charge on any atom is -0.357 e. The van der Waals surface area contributed by atoms with Gasteiger partial charge in [-0.25, -0.2) is 4.99 Å². The number of piperidine rings is 1. The van der Waals surface area contributed by atoms with E-state index in [4.69, 9.17) is 11.6 Å². The molecule has 2 N–H and O–H groups in total. The van der Waals surface area contributed by atoms with Gasteiger partial charge in [0.05, 0.1) is 6.54 Å². The van der Waals surface area contributed by atoms with Crippen LogP contribution in [-0.4, -0.2) is 42.9 Å². The van der Waals surface area contributed by atoms with Crippen LogP contribution in [0.4, 0.5) is 0 Å². The summed E-state index contributed by atoms with van der Waals surface area (Å²) >= 11 is 6.17. The van der Waals surface area contributed by atoms with E-state index in [0.29, 0.717) is 31.4 Å². The molecule has 25 heavy (non-hydrogen) atoms. The Labute approximate surface area is 155 Å². The van der Waals surface area contributed by atoms with Crippen molar-refractivity contribution >= 4 is 23.5 Å². The summed E-state index contributed by atoms with van der Waals surface area (Å²) in [5.41, 5.74) is 0.986. The van der Waals surface area contributed by atoms with Crippen LogP contribution in [0.25, 0.3) is 0 Å². The van der Waals surface area contributed by atoms with E-state index < -0.39 is 0 Å². The highest BCUT2D eigenvalue weighted by molar-refractivity contribution is 6.31. The van der Waals surface area contributed by atoms with Crippen LogP contribution < -0.4 is 10.6 Å². The second-order valence-corrected chi connectivity index (χ2v) is 6.96. The minimum absolute atomic E-state index is 0.223. The average molecular weight is 365 g/mol. The number of hydrogen-bond donors (Lipinski definition) is 2. The van der Waals surface area contributed by atoms with E-state index in [-0.39, 0.29) is 5.91 Å². The minimum atomic E-state index is 0.223. The van der Waals surface area contributed by atoms with Gasteiger partial charge in [0.2, 0.25) is 5.91 Å². The monoisotopic (exact) mass is 364 g/mol. The Morgan fingerprint density at radius 2 is 2.16 bits per heavy atom. The van der Waals surface area contributed by atoms with Gasteiger partial charge in [0.15, 0.2) is 5.96 Å². The number of rotatable bonds is 6. The van der Waals surface area contributed by atoms with Crippen LogP contribution in [0, 0.1) is 5.92 Å². The van der Waals surface area contributed by atoms with Gasteiger partial charge in [-0.2, -0.15) is 0 Å². The van der Waals surface area contributed by atoms with E-state index in [9.17, 15) is 4.79 Å². The fraction of sp³-hybridized carbons (Fsp3) is 0.579. The zero-order valence-electron chi connectivity index (χ0n) is 15.2. The van der Waals surface area contributed by atoms with Crippen molar-refractivity contribution in [3.63, 3.8) is 0 Å². The molecule has 2 rings (SSSR count). The Morgan fingerprint density at radius 3 is 2.88 bits per heavy atom. The van der Waals surface area contributed by atoms with Crippen LogP contribution in [0.5, 0.6) is 0 Å². The number of likely N-dealkylation sites (tertiary alicyclic amines) is 1. The van der Waals surface area contributed by atoms with Crippen LogP contribution in [0.3, 0.4) is 0 Å². The molecule has 0 radical (unpaired) electrons. The number of carbonyl (C=O) groups is 1. The third kappa shape index (κ3) is 6.58. The molecule has 0 aliphatic carbocycles. The Morgan fingerprint density at radius 1 is 1.36 bits per heavy atom. The molecule has 1 saturated heterocycles. The summed E-state index contributed by atoms with van der Waals surface area (Å²) < 4.78 is 0. The average Bonchev–Trinajstić information content (AvgIpc) is 2.60. The van der Waals surface area contributed by atoms with Crippen molar-refractivity contribution in [1.29, 1.82) is 0 Å². The molecule has 1 amide bonds. The number of benzene rings is 1. The van der Waals surface area contributed by atoms with Gasteiger partial charge in [-0.05, 0) is 37.3 Å². The van der Waals surface area contributed by atoms with Crippen molar-refractivity contribution < 1.29 is 4.79 Å². The molecular formula is C19H29ClN4O. The Hall–Kier alpha value is -1.75. The van der Waals surface area contributed by atoms with Gasteiger partial charge in [0.1, 0.15) is 0 Å². The van der Waals surface area contributed by atoms with Crippen LogP contribution >= 0.6 is 11.6 Å². The van der Waals surface area contributed by atoms with Crippen LogP contribution in [0.2, 0.25) is 5.02 Å². The number of hydrogen-bond acceptors (Lipinski definition) is 2. The molecule has 1 aliphatic heterocycles. The van der Waals surface area contributed by atoms with Gasteiger partial charge in [0, 0.05) is 37.6 Å². The molecule has 1 unspecified atom stereocenters. The second-order valence-electron chi connectivity index (χ2n) is 6.55. The smallest absolute Gasteiger partial charge is 0.224 e. The number of guanidine groups is 1. The molecule has 0 bridgehead atoms. The van der Waals surface area contributed by atoms with Crippen molar-refractivity contribution in [2.45, 2.75) is 39.7 Å². The highest BCUT2D eigenvalue weighted by Crippen LogP contribution is 2.16. The van der Waals surface area contributed by atoms with E-state index in [1.54, 1.807) is 0 Å². The zero-order valence-corrected chi connectivity index (χ0v) is 16.0. The van der Waals surface area contributed by atoms with Gasteiger partial charge in [-0.15, -0.1) is 0 Å². The molecule has 1 fully saturated rings. The molecule has 1 aromatic rings. The molecular weight excluding hydrogens is 336 g/mol. The molecule has 0 spiro atoms. The molecule has 5 nitrogen and oxygen atoms in total. The van der Waals surface area contributed by atoms with Gasteiger partial charge in [0.25, 0.3) is 0 Å². The maximum absolute atomic E-state index is 12.3. The first-order valence-electron chi connectivity index (χ1n) is 9.13. The molecule has 1 aliphatic rings. The summed E-state index contributed by atoms with van der Waals surface area (Å²) in [5, 5.41) is 7.16. The first-order valence-corrected chi connectivity index (χ1v) is 9.51. The third-order valence-corrected chi connectivity index (χ3v) is 4.72. The maximum atomic E-state index is 12.3.